The van der Waals surface area contributed by atoms with Crippen LogP contribution in [-0.4, -0.2) is 29.8 Å². The lowest BCUT2D eigenvalue weighted by atomic mass is 10.0. The molecule has 10 heteroatoms. The summed E-state index contributed by atoms with van der Waals surface area (Å²) < 4.78 is 5.92. The molecule has 0 aliphatic rings. The Kier molecular flexibility index (Phi) is 13.0. The van der Waals surface area contributed by atoms with E-state index in [-0.39, 0.29) is 31.9 Å². The Labute approximate surface area is 302 Å². The average Bonchev–Trinajstić information content (AvgIpc) is 3.14. The van der Waals surface area contributed by atoms with Crippen molar-refractivity contribution in [1.82, 2.24) is 16.0 Å². The molecule has 3 amide bonds. The van der Waals surface area contributed by atoms with E-state index in [4.69, 9.17) is 33.7 Å². The van der Waals surface area contributed by atoms with Crippen molar-refractivity contribution in [3.05, 3.63) is 171 Å². The molecule has 2 unspecified atom stereocenters. The van der Waals surface area contributed by atoms with E-state index in [9.17, 15) is 14.4 Å². The summed E-state index contributed by atoms with van der Waals surface area (Å²) in [4.78, 5) is 40.8. The fraction of sp³-hybridized carbons (Fsp3) is 0.175. The van der Waals surface area contributed by atoms with Gasteiger partial charge in [-0.1, -0.05) is 114 Å². The predicted molar refractivity (Wildman–Crippen MR) is 197 cm³/mol. The number of halogens is 2. The molecule has 0 aromatic heterocycles. The molecule has 0 fully saturated rings. The SMILES string of the molecule is NCc1ccc(CNC(=O)C(Cc2ccccc2)NC(=O)C(Cc2ccc(OCc3c(Cl)cccc3Cl)cc2)NC(=O)c2ccccc2)cc1. The van der Waals surface area contributed by atoms with Gasteiger partial charge in [0.05, 0.1) is 0 Å². The van der Waals surface area contributed by atoms with Gasteiger partial charge in [0.2, 0.25) is 11.8 Å². The molecule has 256 valence electrons. The molecule has 0 saturated heterocycles. The van der Waals surface area contributed by atoms with Gasteiger partial charge in [0.25, 0.3) is 5.91 Å². The Morgan fingerprint density at radius 3 is 1.76 bits per heavy atom. The minimum Gasteiger partial charge on any atom is -0.489 e. The molecule has 8 nitrogen and oxygen atoms in total. The number of hydrogen-bond donors (Lipinski definition) is 4. The molecule has 50 heavy (non-hydrogen) atoms. The van der Waals surface area contributed by atoms with Gasteiger partial charge in [0.15, 0.2) is 0 Å². The maximum Gasteiger partial charge on any atom is 0.251 e. The summed E-state index contributed by atoms with van der Waals surface area (Å²) in [6.45, 7) is 0.882. The van der Waals surface area contributed by atoms with Gasteiger partial charge in [-0.05, 0) is 58.7 Å². The van der Waals surface area contributed by atoms with Gasteiger partial charge in [-0.3, -0.25) is 14.4 Å². The van der Waals surface area contributed by atoms with Crippen LogP contribution in [0.1, 0.15) is 38.2 Å². The van der Waals surface area contributed by atoms with Crippen molar-refractivity contribution in [3.8, 4) is 5.75 Å². The van der Waals surface area contributed by atoms with Crippen molar-refractivity contribution in [1.29, 1.82) is 0 Å². The number of benzene rings is 5. The second-order valence-electron chi connectivity index (χ2n) is 11.7. The molecule has 5 rings (SSSR count). The van der Waals surface area contributed by atoms with Crippen LogP contribution >= 0.6 is 23.2 Å². The molecule has 0 aliphatic heterocycles. The minimum absolute atomic E-state index is 0.161. The highest BCUT2D eigenvalue weighted by Gasteiger charge is 2.28. The van der Waals surface area contributed by atoms with E-state index in [0.717, 1.165) is 22.3 Å². The fourth-order valence-corrected chi connectivity index (χ4v) is 5.77. The highest BCUT2D eigenvalue weighted by molar-refractivity contribution is 6.35. The summed E-state index contributed by atoms with van der Waals surface area (Å²) >= 11 is 12.6. The van der Waals surface area contributed by atoms with E-state index in [1.165, 1.54) is 0 Å². The van der Waals surface area contributed by atoms with Gasteiger partial charge in [-0.2, -0.15) is 0 Å². The third kappa shape index (κ3) is 10.4. The first-order valence-electron chi connectivity index (χ1n) is 16.2. The molecule has 5 N–H and O–H groups in total. The smallest absolute Gasteiger partial charge is 0.251 e. The van der Waals surface area contributed by atoms with Crippen molar-refractivity contribution in [3.63, 3.8) is 0 Å². The fourth-order valence-electron chi connectivity index (χ4n) is 5.26. The molecule has 2 atom stereocenters. The van der Waals surface area contributed by atoms with Crippen LogP contribution in [0, 0.1) is 0 Å². The number of carbonyl (C=O) groups is 3. The number of ether oxygens (including phenoxy) is 1. The third-order valence-electron chi connectivity index (χ3n) is 8.11. The first-order chi connectivity index (χ1) is 24.3. The van der Waals surface area contributed by atoms with Crippen molar-refractivity contribution < 1.29 is 19.1 Å². The molecule has 0 radical (unpaired) electrons. The van der Waals surface area contributed by atoms with Crippen molar-refractivity contribution in [2.45, 2.75) is 44.6 Å². The molecule has 5 aromatic carbocycles. The van der Waals surface area contributed by atoms with Gasteiger partial charge < -0.3 is 26.4 Å². The van der Waals surface area contributed by atoms with Gasteiger partial charge in [0.1, 0.15) is 24.4 Å². The Bertz CT molecular complexity index is 1850. The van der Waals surface area contributed by atoms with E-state index in [1.807, 2.05) is 72.8 Å². The summed E-state index contributed by atoms with van der Waals surface area (Å²) in [5.74, 6) is -0.673. The van der Waals surface area contributed by atoms with Gasteiger partial charge in [0, 0.05) is 47.1 Å². The highest BCUT2D eigenvalue weighted by Crippen LogP contribution is 2.26. The van der Waals surface area contributed by atoms with E-state index in [1.54, 1.807) is 54.6 Å². The number of hydrogen-bond acceptors (Lipinski definition) is 5. The number of rotatable bonds is 15. The second-order valence-corrected chi connectivity index (χ2v) is 12.5. The van der Waals surface area contributed by atoms with Crippen LogP contribution in [-0.2, 0) is 42.1 Å². The molecule has 0 heterocycles. The Balaban J connectivity index is 1.32. The predicted octanol–water partition coefficient (Wildman–Crippen LogP) is 6.42. The van der Waals surface area contributed by atoms with Crippen LogP contribution in [0.3, 0.4) is 0 Å². The number of amides is 3. The molecule has 0 saturated carbocycles. The Hall–Kier alpha value is -5.15. The van der Waals surface area contributed by atoms with Gasteiger partial charge >= 0.3 is 0 Å². The third-order valence-corrected chi connectivity index (χ3v) is 8.82. The number of carbonyl (C=O) groups excluding carboxylic acids is 3. The monoisotopic (exact) mass is 708 g/mol. The Morgan fingerprint density at radius 2 is 1.14 bits per heavy atom. The molecule has 0 spiro atoms. The topological polar surface area (TPSA) is 123 Å². The molecule has 0 bridgehead atoms. The lowest BCUT2D eigenvalue weighted by Crippen LogP contribution is -2.55. The first kappa shape index (κ1) is 36.1. The quantitative estimate of drug-likeness (QED) is 0.100. The van der Waals surface area contributed by atoms with E-state index >= 15 is 0 Å². The summed E-state index contributed by atoms with van der Waals surface area (Å²) in [6.07, 6.45) is 0.416. The van der Waals surface area contributed by atoms with E-state index in [2.05, 4.69) is 16.0 Å². The standard InChI is InChI=1S/C40H38Cl2N4O4/c41-34-12-7-13-35(42)33(34)26-50-32-20-18-28(19-21-32)23-37(45-38(47)31-10-5-2-6-11-31)40(49)46-36(22-27-8-3-1-4-9-27)39(48)44-25-30-16-14-29(24-43)15-17-30/h1-21,36-37H,22-26,43H2,(H,44,48)(H,45,47)(H,46,49). The van der Waals surface area contributed by atoms with Crippen LogP contribution < -0.4 is 26.4 Å². The average molecular weight is 710 g/mol. The van der Waals surface area contributed by atoms with Gasteiger partial charge in [-0.15, -0.1) is 0 Å². The van der Waals surface area contributed by atoms with Crippen LogP contribution in [0.25, 0.3) is 0 Å². The normalized spacial score (nSPS) is 12.0. The zero-order chi connectivity index (χ0) is 35.3. The number of nitrogens with one attached hydrogen (secondary N) is 3. The maximum absolute atomic E-state index is 14.0. The van der Waals surface area contributed by atoms with Crippen LogP contribution in [0.15, 0.2) is 127 Å². The summed E-state index contributed by atoms with van der Waals surface area (Å²) in [6, 6.07) is 36.3. The molecule has 5 aromatic rings. The van der Waals surface area contributed by atoms with Gasteiger partial charge in [-0.25, -0.2) is 0 Å². The Morgan fingerprint density at radius 1 is 0.600 bits per heavy atom. The van der Waals surface area contributed by atoms with E-state index in [0.29, 0.717) is 33.5 Å². The summed E-state index contributed by atoms with van der Waals surface area (Å²) in [5, 5.41) is 9.78. The van der Waals surface area contributed by atoms with Crippen molar-refractivity contribution >= 4 is 40.9 Å². The van der Waals surface area contributed by atoms with Crippen molar-refractivity contribution in [2.24, 2.45) is 5.73 Å². The second kappa shape index (κ2) is 18.0. The zero-order valence-corrected chi connectivity index (χ0v) is 28.8. The molecule has 0 aliphatic carbocycles. The number of nitrogens with two attached hydrogens (primary N) is 1. The van der Waals surface area contributed by atoms with E-state index < -0.39 is 23.9 Å². The minimum atomic E-state index is -0.994. The zero-order valence-electron chi connectivity index (χ0n) is 27.3. The maximum atomic E-state index is 14.0. The largest absolute Gasteiger partial charge is 0.489 e. The van der Waals surface area contributed by atoms with Crippen LogP contribution in [0.2, 0.25) is 10.0 Å². The van der Waals surface area contributed by atoms with Crippen LogP contribution in [0.5, 0.6) is 5.75 Å². The lowest BCUT2D eigenvalue weighted by Gasteiger charge is -2.24. The molecular weight excluding hydrogens is 671 g/mol. The molecular formula is C40H38Cl2N4O4. The van der Waals surface area contributed by atoms with Crippen LogP contribution in [0.4, 0.5) is 0 Å². The first-order valence-corrected chi connectivity index (χ1v) is 16.9. The lowest BCUT2D eigenvalue weighted by molar-refractivity contribution is -0.130. The summed E-state index contributed by atoms with van der Waals surface area (Å²) in [7, 11) is 0. The van der Waals surface area contributed by atoms with Crippen molar-refractivity contribution in [2.75, 3.05) is 0 Å². The summed E-state index contributed by atoms with van der Waals surface area (Å²) in [5.41, 5.74) is 10.3. The highest BCUT2D eigenvalue weighted by atomic mass is 35.5.